The standard InChI is InChI=1S/C17H27N3O/c1-12-7-14(9-18-15-5-6-15)8-16(19-12)20-10-13(2)21-17(3,4)11-20/h7-8,13,15,18H,5-6,9-11H2,1-4H3. The molecule has 116 valence electrons. The Kier molecular flexibility index (Phi) is 3.93. The van der Waals surface area contributed by atoms with E-state index < -0.39 is 0 Å². The van der Waals surface area contributed by atoms with Gasteiger partial charge in [0.05, 0.1) is 11.7 Å². The average molecular weight is 289 g/mol. The van der Waals surface area contributed by atoms with E-state index in [4.69, 9.17) is 9.72 Å². The van der Waals surface area contributed by atoms with Crippen LogP contribution in [-0.2, 0) is 11.3 Å². The molecule has 2 heterocycles. The Morgan fingerprint density at radius 1 is 1.38 bits per heavy atom. The topological polar surface area (TPSA) is 37.4 Å². The van der Waals surface area contributed by atoms with E-state index in [9.17, 15) is 0 Å². The number of rotatable bonds is 4. The highest BCUT2D eigenvalue weighted by molar-refractivity contribution is 5.44. The van der Waals surface area contributed by atoms with E-state index in [1.807, 2.05) is 0 Å². The van der Waals surface area contributed by atoms with Crippen molar-refractivity contribution in [3.05, 3.63) is 23.4 Å². The number of aromatic nitrogens is 1. The smallest absolute Gasteiger partial charge is 0.129 e. The maximum atomic E-state index is 5.99. The summed E-state index contributed by atoms with van der Waals surface area (Å²) in [5, 5.41) is 3.58. The van der Waals surface area contributed by atoms with Gasteiger partial charge in [-0.25, -0.2) is 4.98 Å². The highest BCUT2D eigenvalue weighted by Gasteiger charge is 2.32. The quantitative estimate of drug-likeness (QED) is 0.924. The first-order chi connectivity index (χ1) is 9.91. The van der Waals surface area contributed by atoms with Crippen molar-refractivity contribution in [2.24, 2.45) is 0 Å². The minimum Gasteiger partial charge on any atom is -0.369 e. The normalized spacial score (nSPS) is 25.1. The second-order valence-corrected chi connectivity index (χ2v) is 7.20. The molecule has 0 spiro atoms. The fraction of sp³-hybridized carbons (Fsp3) is 0.706. The van der Waals surface area contributed by atoms with Gasteiger partial charge in [-0.1, -0.05) is 0 Å². The van der Waals surface area contributed by atoms with E-state index in [1.165, 1.54) is 18.4 Å². The Morgan fingerprint density at radius 3 is 2.81 bits per heavy atom. The van der Waals surface area contributed by atoms with E-state index >= 15 is 0 Å². The molecule has 1 saturated heterocycles. The van der Waals surface area contributed by atoms with Crippen molar-refractivity contribution in [1.82, 2.24) is 10.3 Å². The predicted molar refractivity (Wildman–Crippen MR) is 85.7 cm³/mol. The molecule has 0 radical (unpaired) electrons. The van der Waals surface area contributed by atoms with Gasteiger partial charge >= 0.3 is 0 Å². The summed E-state index contributed by atoms with van der Waals surface area (Å²) < 4.78 is 5.99. The molecule has 21 heavy (non-hydrogen) atoms. The van der Waals surface area contributed by atoms with Crippen LogP contribution in [0.3, 0.4) is 0 Å². The molecular weight excluding hydrogens is 262 g/mol. The summed E-state index contributed by atoms with van der Waals surface area (Å²) in [6.07, 6.45) is 2.89. The van der Waals surface area contributed by atoms with Gasteiger partial charge in [0, 0.05) is 31.4 Å². The third kappa shape index (κ3) is 3.95. The van der Waals surface area contributed by atoms with Crippen LogP contribution in [0.5, 0.6) is 0 Å². The van der Waals surface area contributed by atoms with E-state index in [0.29, 0.717) is 0 Å². The monoisotopic (exact) mass is 289 g/mol. The summed E-state index contributed by atoms with van der Waals surface area (Å²) in [6.45, 7) is 11.3. The van der Waals surface area contributed by atoms with Gasteiger partial charge < -0.3 is 15.0 Å². The number of anilines is 1. The summed E-state index contributed by atoms with van der Waals surface area (Å²) in [5.41, 5.74) is 2.31. The fourth-order valence-corrected chi connectivity index (χ4v) is 3.16. The average Bonchev–Trinajstić information content (AvgIpc) is 3.17. The van der Waals surface area contributed by atoms with Gasteiger partial charge in [0.2, 0.25) is 0 Å². The molecule has 0 amide bonds. The van der Waals surface area contributed by atoms with E-state index in [0.717, 1.165) is 37.2 Å². The van der Waals surface area contributed by atoms with Gasteiger partial charge in [0.15, 0.2) is 0 Å². The number of nitrogens with zero attached hydrogens (tertiary/aromatic N) is 2. The molecule has 1 aliphatic heterocycles. The van der Waals surface area contributed by atoms with Crippen LogP contribution in [0.1, 0.15) is 44.9 Å². The van der Waals surface area contributed by atoms with Gasteiger partial charge in [-0.2, -0.15) is 0 Å². The zero-order valence-electron chi connectivity index (χ0n) is 13.6. The highest BCUT2D eigenvalue weighted by atomic mass is 16.5. The molecule has 0 bridgehead atoms. The van der Waals surface area contributed by atoms with Crippen molar-refractivity contribution in [2.75, 3.05) is 18.0 Å². The van der Waals surface area contributed by atoms with Crippen LogP contribution in [0.4, 0.5) is 5.82 Å². The molecule has 0 aromatic carbocycles. The van der Waals surface area contributed by atoms with Crippen LogP contribution in [0.15, 0.2) is 12.1 Å². The van der Waals surface area contributed by atoms with Crippen molar-refractivity contribution in [3.8, 4) is 0 Å². The molecule has 1 unspecified atom stereocenters. The minimum absolute atomic E-state index is 0.116. The number of ether oxygens (including phenoxy) is 1. The summed E-state index contributed by atoms with van der Waals surface area (Å²) in [7, 11) is 0. The molecule has 4 heteroatoms. The molecule has 1 N–H and O–H groups in total. The number of aryl methyl sites for hydroxylation is 1. The second kappa shape index (κ2) is 5.58. The zero-order chi connectivity index (χ0) is 15.0. The van der Waals surface area contributed by atoms with Crippen molar-refractivity contribution in [1.29, 1.82) is 0 Å². The lowest BCUT2D eigenvalue weighted by molar-refractivity contribution is -0.0751. The summed E-state index contributed by atoms with van der Waals surface area (Å²) in [4.78, 5) is 7.11. The van der Waals surface area contributed by atoms with Gasteiger partial charge in [-0.3, -0.25) is 0 Å². The second-order valence-electron chi connectivity index (χ2n) is 7.20. The molecule has 1 aliphatic carbocycles. The van der Waals surface area contributed by atoms with Crippen molar-refractivity contribution in [3.63, 3.8) is 0 Å². The Hall–Kier alpha value is -1.13. The van der Waals surface area contributed by atoms with E-state index in [2.05, 4.69) is 50.0 Å². The molecule has 1 atom stereocenters. The molecular formula is C17H27N3O. The van der Waals surface area contributed by atoms with Gasteiger partial charge in [-0.15, -0.1) is 0 Å². The first-order valence-corrected chi connectivity index (χ1v) is 8.05. The van der Waals surface area contributed by atoms with Gasteiger partial charge in [0.25, 0.3) is 0 Å². The largest absolute Gasteiger partial charge is 0.369 e. The molecule has 2 aliphatic rings. The number of hydrogen-bond donors (Lipinski definition) is 1. The van der Waals surface area contributed by atoms with Crippen LogP contribution in [0.2, 0.25) is 0 Å². The molecule has 3 rings (SSSR count). The third-order valence-corrected chi connectivity index (χ3v) is 4.07. The van der Waals surface area contributed by atoms with Crippen LogP contribution in [0.25, 0.3) is 0 Å². The lowest BCUT2D eigenvalue weighted by Crippen LogP contribution is -2.52. The molecule has 1 aromatic rings. The summed E-state index contributed by atoms with van der Waals surface area (Å²) in [6, 6.07) is 5.16. The first-order valence-electron chi connectivity index (χ1n) is 8.05. The molecule has 1 saturated carbocycles. The van der Waals surface area contributed by atoms with Gasteiger partial charge in [0.1, 0.15) is 5.82 Å². The Bertz CT molecular complexity index is 511. The maximum absolute atomic E-state index is 5.99. The molecule has 4 nitrogen and oxygen atoms in total. The predicted octanol–water partition coefficient (Wildman–Crippen LogP) is 2.65. The number of pyridine rings is 1. The molecule has 1 aromatic heterocycles. The van der Waals surface area contributed by atoms with Crippen LogP contribution < -0.4 is 10.2 Å². The number of hydrogen-bond acceptors (Lipinski definition) is 4. The van der Waals surface area contributed by atoms with Gasteiger partial charge in [-0.05, 0) is 58.2 Å². The first kappa shape index (κ1) is 14.8. The fourth-order valence-electron chi connectivity index (χ4n) is 3.16. The van der Waals surface area contributed by atoms with Crippen molar-refractivity contribution in [2.45, 2.75) is 64.8 Å². The van der Waals surface area contributed by atoms with E-state index in [-0.39, 0.29) is 11.7 Å². The molecule has 2 fully saturated rings. The van der Waals surface area contributed by atoms with E-state index in [1.54, 1.807) is 0 Å². The SMILES string of the molecule is Cc1cc(CNC2CC2)cc(N2CC(C)OC(C)(C)C2)n1. The van der Waals surface area contributed by atoms with Crippen LogP contribution in [0, 0.1) is 6.92 Å². The van der Waals surface area contributed by atoms with Crippen molar-refractivity contribution >= 4 is 5.82 Å². The number of nitrogens with one attached hydrogen (secondary N) is 1. The number of morpholine rings is 1. The summed E-state index contributed by atoms with van der Waals surface area (Å²) in [5.74, 6) is 1.09. The minimum atomic E-state index is -0.116. The Balaban J connectivity index is 1.76. The van der Waals surface area contributed by atoms with Crippen LogP contribution in [-0.4, -0.2) is 35.8 Å². The van der Waals surface area contributed by atoms with Crippen LogP contribution >= 0.6 is 0 Å². The summed E-state index contributed by atoms with van der Waals surface area (Å²) >= 11 is 0. The van der Waals surface area contributed by atoms with Crippen molar-refractivity contribution < 1.29 is 4.74 Å². The lowest BCUT2D eigenvalue weighted by Gasteiger charge is -2.42. The maximum Gasteiger partial charge on any atom is 0.129 e. The Labute approximate surface area is 127 Å². The Morgan fingerprint density at radius 2 is 2.14 bits per heavy atom. The zero-order valence-corrected chi connectivity index (χ0v) is 13.6. The lowest BCUT2D eigenvalue weighted by atomic mass is 10.1. The third-order valence-electron chi connectivity index (χ3n) is 4.07. The highest BCUT2D eigenvalue weighted by Crippen LogP contribution is 2.26.